The van der Waals surface area contributed by atoms with Crippen LogP contribution in [0.1, 0.15) is 12.8 Å². The Hall–Kier alpha value is -1.91. The van der Waals surface area contributed by atoms with Crippen LogP contribution in [0, 0.1) is 5.92 Å². The van der Waals surface area contributed by atoms with Crippen LogP contribution >= 0.6 is 0 Å². The molecule has 19 heavy (non-hydrogen) atoms. The number of nitrogens with zero attached hydrogens (tertiary/aromatic N) is 1. The van der Waals surface area contributed by atoms with Crippen molar-refractivity contribution in [3.05, 3.63) is 18.2 Å². The summed E-state index contributed by atoms with van der Waals surface area (Å²) >= 11 is 0. The molecule has 5 nitrogen and oxygen atoms in total. The molecule has 1 aliphatic rings. The Bertz CT molecular complexity index is 454. The molecule has 1 heterocycles. The molecule has 2 rings (SSSR count). The van der Waals surface area contributed by atoms with Crippen LogP contribution in [0.2, 0.25) is 0 Å². The van der Waals surface area contributed by atoms with E-state index in [0.29, 0.717) is 0 Å². The smallest absolute Gasteiger partial charge is 0.220 e. The molecule has 0 radical (unpaired) electrons. The summed E-state index contributed by atoms with van der Waals surface area (Å²) in [5.41, 5.74) is 6.42. The van der Waals surface area contributed by atoms with Crippen LogP contribution < -0.4 is 20.1 Å². The van der Waals surface area contributed by atoms with Crippen molar-refractivity contribution in [2.75, 3.05) is 32.2 Å². The number of hydrogen-bond acceptors (Lipinski definition) is 4. The molecule has 1 saturated heterocycles. The molecule has 0 aliphatic carbocycles. The molecule has 1 fully saturated rings. The monoisotopic (exact) mass is 264 g/mol. The number of amides is 1. The number of piperidine rings is 1. The van der Waals surface area contributed by atoms with Gasteiger partial charge in [0.05, 0.1) is 14.2 Å². The summed E-state index contributed by atoms with van der Waals surface area (Å²) in [5, 5.41) is 0. The number of primary amides is 1. The van der Waals surface area contributed by atoms with E-state index in [9.17, 15) is 4.79 Å². The van der Waals surface area contributed by atoms with Crippen molar-refractivity contribution in [1.82, 2.24) is 0 Å². The number of anilines is 1. The van der Waals surface area contributed by atoms with Crippen molar-refractivity contribution < 1.29 is 14.3 Å². The van der Waals surface area contributed by atoms with Gasteiger partial charge in [-0.15, -0.1) is 0 Å². The second-order valence-electron chi connectivity index (χ2n) is 4.70. The van der Waals surface area contributed by atoms with Gasteiger partial charge in [-0.2, -0.15) is 0 Å². The first-order valence-electron chi connectivity index (χ1n) is 6.42. The van der Waals surface area contributed by atoms with E-state index >= 15 is 0 Å². The summed E-state index contributed by atoms with van der Waals surface area (Å²) in [4.78, 5) is 13.4. The summed E-state index contributed by atoms with van der Waals surface area (Å²) in [6, 6.07) is 5.86. The minimum absolute atomic E-state index is 0.0105. The Balaban J connectivity index is 2.09. The van der Waals surface area contributed by atoms with Gasteiger partial charge in [0.1, 0.15) is 0 Å². The number of nitrogens with two attached hydrogens (primary N) is 1. The third kappa shape index (κ3) is 2.92. The van der Waals surface area contributed by atoms with E-state index in [-0.39, 0.29) is 11.8 Å². The fraction of sp³-hybridized carbons (Fsp3) is 0.500. The van der Waals surface area contributed by atoms with Gasteiger partial charge in [-0.3, -0.25) is 4.79 Å². The second-order valence-corrected chi connectivity index (χ2v) is 4.70. The molecule has 0 saturated carbocycles. The molecule has 0 spiro atoms. The highest BCUT2D eigenvalue weighted by molar-refractivity contribution is 5.77. The molecule has 1 aromatic carbocycles. The SMILES string of the molecule is COc1ccc(N2CCC(C(N)=O)CC2)cc1OC. The number of carbonyl (C=O) groups is 1. The van der Waals surface area contributed by atoms with Gasteiger partial charge in [0, 0.05) is 30.8 Å². The lowest BCUT2D eigenvalue weighted by atomic mass is 9.96. The molecule has 5 heteroatoms. The summed E-state index contributed by atoms with van der Waals surface area (Å²) in [6.07, 6.45) is 1.62. The Morgan fingerprint density at radius 3 is 2.37 bits per heavy atom. The average Bonchev–Trinajstić information content (AvgIpc) is 2.46. The van der Waals surface area contributed by atoms with Gasteiger partial charge >= 0.3 is 0 Å². The molecule has 0 bridgehead atoms. The number of carbonyl (C=O) groups excluding carboxylic acids is 1. The third-order valence-electron chi connectivity index (χ3n) is 3.63. The quantitative estimate of drug-likeness (QED) is 0.893. The zero-order valence-electron chi connectivity index (χ0n) is 11.4. The number of benzene rings is 1. The normalized spacial score (nSPS) is 16.2. The van der Waals surface area contributed by atoms with E-state index in [2.05, 4.69) is 4.90 Å². The van der Waals surface area contributed by atoms with Crippen molar-refractivity contribution >= 4 is 11.6 Å². The van der Waals surface area contributed by atoms with Crippen LogP contribution in [0.3, 0.4) is 0 Å². The zero-order valence-corrected chi connectivity index (χ0v) is 11.4. The highest BCUT2D eigenvalue weighted by atomic mass is 16.5. The minimum atomic E-state index is -0.188. The highest BCUT2D eigenvalue weighted by Gasteiger charge is 2.23. The topological polar surface area (TPSA) is 64.8 Å². The molecule has 0 aromatic heterocycles. The Morgan fingerprint density at radius 2 is 1.84 bits per heavy atom. The minimum Gasteiger partial charge on any atom is -0.493 e. The van der Waals surface area contributed by atoms with E-state index in [1.54, 1.807) is 14.2 Å². The zero-order chi connectivity index (χ0) is 13.8. The van der Waals surface area contributed by atoms with Crippen molar-refractivity contribution in [3.8, 4) is 11.5 Å². The van der Waals surface area contributed by atoms with Crippen molar-refractivity contribution in [3.63, 3.8) is 0 Å². The van der Waals surface area contributed by atoms with E-state index < -0.39 is 0 Å². The van der Waals surface area contributed by atoms with Gasteiger partial charge in [-0.05, 0) is 25.0 Å². The van der Waals surface area contributed by atoms with Crippen LogP contribution in [-0.4, -0.2) is 33.2 Å². The van der Waals surface area contributed by atoms with Crippen LogP contribution in [0.4, 0.5) is 5.69 Å². The van der Waals surface area contributed by atoms with Gasteiger partial charge in [0.2, 0.25) is 5.91 Å². The van der Waals surface area contributed by atoms with Crippen molar-refractivity contribution in [2.45, 2.75) is 12.8 Å². The maximum atomic E-state index is 11.1. The summed E-state index contributed by atoms with van der Waals surface area (Å²) in [7, 11) is 3.25. The number of rotatable bonds is 4. The Labute approximate surface area is 113 Å². The van der Waals surface area contributed by atoms with Gasteiger partial charge in [-0.25, -0.2) is 0 Å². The van der Waals surface area contributed by atoms with E-state index in [1.807, 2.05) is 18.2 Å². The van der Waals surface area contributed by atoms with Crippen LogP contribution in [0.25, 0.3) is 0 Å². The van der Waals surface area contributed by atoms with E-state index in [4.69, 9.17) is 15.2 Å². The van der Waals surface area contributed by atoms with Crippen LogP contribution in [-0.2, 0) is 4.79 Å². The lowest BCUT2D eigenvalue weighted by Gasteiger charge is -2.32. The summed E-state index contributed by atoms with van der Waals surface area (Å²) < 4.78 is 10.5. The maximum Gasteiger partial charge on any atom is 0.220 e. The average molecular weight is 264 g/mol. The number of ether oxygens (including phenoxy) is 2. The molecule has 0 unspecified atom stereocenters. The van der Waals surface area contributed by atoms with Crippen molar-refractivity contribution in [1.29, 1.82) is 0 Å². The molecule has 1 amide bonds. The highest BCUT2D eigenvalue weighted by Crippen LogP contribution is 2.33. The van der Waals surface area contributed by atoms with Crippen LogP contribution in [0.15, 0.2) is 18.2 Å². The summed E-state index contributed by atoms with van der Waals surface area (Å²) in [5.74, 6) is 1.26. The number of hydrogen-bond donors (Lipinski definition) is 1. The number of methoxy groups -OCH3 is 2. The van der Waals surface area contributed by atoms with Crippen molar-refractivity contribution in [2.24, 2.45) is 11.7 Å². The van der Waals surface area contributed by atoms with Gasteiger partial charge in [0.25, 0.3) is 0 Å². The lowest BCUT2D eigenvalue weighted by molar-refractivity contribution is -0.122. The van der Waals surface area contributed by atoms with Gasteiger partial charge in [0.15, 0.2) is 11.5 Å². The fourth-order valence-electron chi connectivity index (χ4n) is 2.44. The first-order valence-corrected chi connectivity index (χ1v) is 6.42. The molecule has 1 aromatic rings. The molecule has 1 aliphatic heterocycles. The van der Waals surface area contributed by atoms with E-state index in [0.717, 1.165) is 43.1 Å². The fourth-order valence-corrected chi connectivity index (χ4v) is 2.44. The Morgan fingerprint density at radius 1 is 1.21 bits per heavy atom. The first-order chi connectivity index (χ1) is 9.15. The molecule has 0 atom stereocenters. The molecule has 2 N–H and O–H groups in total. The summed E-state index contributed by atoms with van der Waals surface area (Å²) in [6.45, 7) is 1.67. The first kappa shape index (κ1) is 13.5. The lowest BCUT2D eigenvalue weighted by Crippen LogP contribution is -2.38. The molecule has 104 valence electrons. The molecular formula is C14H20N2O3. The van der Waals surface area contributed by atoms with Crippen LogP contribution in [0.5, 0.6) is 11.5 Å². The predicted molar refractivity (Wildman–Crippen MR) is 73.7 cm³/mol. The van der Waals surface area contributed by atoms with Gasteiger partial charge < -0.3 is 20.1 Å². The van der Waals surface area contributed by atoms with E-state index in [1.165, 1.54) is 0 Å². The standard InChI is InChI=1S/C14H20N2O3/c1-18-12-4-3-11(9-13(12)19-2)16-7-5-10(6-8-16)14(15)17/h3-4,9-10H,5-8H2,1-2H3,(H2,15,17). The maximum absolute atomic E-state index is 11.1. The molecular weight excluding hydrogens is 244 g/mol. The third-order valence-corrected chi connectivity index (χ3v) is 3.63. The second kappa shape index (κ2) is 5.82. The van der Waals surface area contributed by atoms with Gasteiger partial charge in [-0.1, -0.05) is 0 Å². The predicted octanol–water partition coefficient (Wildman–Crippen LogP) is 1.41. The largest absolute Gasteiger partial charge is 0.493 e. The Kier molecular flexibility index (Phi) is 4.14.